The lowest BCUT2D eigenvalue weighted by Crippen LogP contribution is -2.29. The molecule has 0 aliphatic rings. The third-order valence-electron chi connectivity index (χ3n) is 2.61. The van der Waals surface area contributed by atoms with Gasteiger partial charge in [0, 0.05) is 30.9 Å². The second kappa shape index (κ2) is 5.81. The number of fused-ring (bicyclic) bond motifs is 1. The number of H-pyrrole nitrogens is 2. The topological polar surface area (TPSA) is 167 Å². The van der Waals surface area contributed by atoms with Gasteiger partial charge >= 0.3 is 18.7 Å². The molecule has 4 N–H and O–H groups in total. The molecule has 2 aromatic rings. The van der Waals surface area contributed by atoms with E-state index in [1.165, 1.54) is 0 Å². The Morgan fingerprint density at radius 1 is 1.36 bits per heavy atom. The van der Waals surface area contributed by atoms with E-state index in [0.717, 1.165) is 18.8 Å². The van der Waals surface area contributed by atoms with Gasteiger partial charge in [-0.25, -0.2) is 4.62 Å². The maximum Gasteiger partial charge on any atom is 0.341 e. The number of nitro benzene ring substituents is 1. The number of aromatic amines is 2. The lowest BCUT2D eigenvalue weighted by molar-refractivity contribution is -0.384. The van der Waals surface area contributed by atoms with Crippen LogP contribution in [0, 0.1) is 10.1 Å². The number of nitrogens with zero attached hydrogens (tertiary/aromatic N) is 1. The van der Waals surface area contributed by atoms with Crippen molar-refractivity contribution in [3.8, 4) is 0 Å². The molecule has 0 saturated carbocycles. The van der Waals surface area contributed by atoms with E-state index in [1.54, 1.807) is 0 Å². The molecule has 0 spiro atoms. The van der Waals surface area contributed by atoms with Crippen LogP contribution in [0.3, 0.4) is 0 Å². The molecule has 0 fully saturated rings. The van der Waals surface area contributed by atoms with Gasteiger partial charge in [0.25, 0.3) is 5.69 Å². The van der Waals surface area contributed by atoms with Crippen molar-refractivity contribution in [2.75, 3.05) is 6.66 Å². The Morgan fingerprint density at radius 2 is 2.00 bits per heavy atom. The van der Waals surface area contributed by atoms with Crippen LogP contribution in [0.1, 0.15) is 5.56 Å². The zero-order valence-electron chi connectivity index (χ0n) is 11.2. The lowest BCUT2D eigenvalue weighted by Gasteiger charge is -2.09. The number of aromatic nitrogens is 2. The summed E-state index contributed by atoms with van der Waals surface area (Å²) in [6.45, 7) is 0.740. The van der Waals surface area contributed by atoms with Crippen molar-refractivity contribution < 1.29 is 19.0 Å². The summed E-state index contributed by atoms with van der Waals surface area (Å²) in [4.78, 5) is 46.4. The van der Waals surface area contributed by atoms with Crippen LogP contribution in [0.2, 0.25) is 0 Å². The van der Waals surface area contributed by atoms with Gasteiger partial charge in [-0.05, 0) is 0 Å². The average Bonchev–Trinajstić information content (AvgIpc) is 2.38. The van der Waals surface area contributed by atoms with Gasteiger partial charge in [0.15, 0.2) is 0 Å². The van der Waals surface area contributed by atoms with Crippen LogP contribution in [0.5, 0.6) is 0 Å². The fourth-order valence-electron chi connectivity index (χ4n) is 1.76. The molecule has 0 saturated heterocycles. The Hall–Kier alpha value is -2.33. The van der Waals surface area contributed by atoms with E-state index in [4.69, 9.17) is 4.89 Å². The van der Waals surface area contributed by atoms with Crippen LogP contribution in [0.15, 0.2) is 21.7 Å². The van der Waals surface area contributed by atoms with Crippen molar-refractivity contribution >= 4 is 24.3 Å². The monoisotopic (exact) mass is 330 g/mol. The zero-order valence-corrected chi connectivity index (χ0v) is 12.0. The Morgan fingerprint density at radius 3 is 2.59 bits per heavy atom. The van der Waals surface area contributed by atoms with E-state index in [9.17, 15) is 24.3 Å². The quantitative estimate of drug-likeness (QED) is 0.256. The molecule has 0 bridgehead atoms. The largest absolute Gasteiger partial charge is 0.341 e. The first-order valence-electron chi connectivity index (χ1n) is 5.83. The van der Waals surface area contributed by atoms with Crippen LogP contribution in [0.4, 0.5) is 5.69 Å². The van der Waals surface area contributed by atoms with Crippen LogP contribution in [0.25, 0.3) is 11.0 Å². The number of nitro groups is 1. The third-order valence-corrected chi connectivity index (χ3v) is 3.07. The minimum atomic E-state index is -3.79. The molecule has 2 rings (SSSR count). The average molecular weight is 330 g/mol. The van der Waals surface area contributed by atoms with E-state index < -0.39 is 23.6 Å². The summed E-state index contributed by atoms with van der Waals surface area (Å²) in [5.74, 6) is 0. The first kappa shape index (κ1) is 16.0. The summed E-state index contributed by atoms with van der Waals surface area (Å²) in [6.07, 6.45) is 0. The summed E-state index contributed by atoms with van der Waals surface area (Å²) in [7, 11) is -3.79. The van der Waals surface area contributed by atoms with Crippen LogP contribution < -0.4 is 16.6 Å². The van der Waals surface area contributed by atoms with Crippen molar-refractivity contribution in [2.24, 2.45) is 0 Å². The maximum atomic E-state index is 11.4. The third kappa shape index (κ3) is 3.65. The fraction of sp³-hybridized carbons (Fsp3) is 0.200. The van der Waals surface area contributed by atoms with Gasteiger partial charge in [0.1, 0.15) is 0 Å². The molecule has 12 heteroatoms. The molecule has 118 valence electrons. The molecule has 0 aliphatic heterocycles. The molecule has 22 heavy (non-hydrogen) atoms. The van der Waals surface area contributed by atoms with E-state index in [1.807, 2.05) is 0 Å². The standard InChI is InChI=1S/C10H11N4O7P/c1-22(19,20)21-11-4-5-2-6(14(17)18)3-7-8(5)13-10(16)9(15)12-7/h2-3,11H,4H2,1H3,(H,12,15)(H,13,16)(H,19,20). The van der Waals surface area contributed by atoms with Gasteiger partial charge in [-0.3, -0.25) is 24.3 Å². The summed E-state index contributed by atoms with van der Waals surface area (Å²) in [6, 6.07) is 2.23. The van der Waals surface area contributed by atoms with Gasteiger partial charge in [-0.2, -0.15) is 5.48 Å². The summed E-state index contributed by atoms with van der Waals surface area (Å²) in [5.41, 5.74) is 0.392. The number of hydrogen-bond donors (Lipinski definition) is 4. The highest BCUT2D eigenvalue weighted by atomic mass is 31.2. The molecule has 11 nitrogen and oxygen atoms in total. The number of hydrogen-bond acceptors (Lipinski definition) is 7. The minimum Gasteiger partial charge on any atom is -0.324 e. The molecular weight excluding hydrogens is 319 g/mol. The van der Waals surface area contributed by atoms with Crippen LogP contribution >= 0.6 is 7.60 Å². The van der Waals surface area contributed by atoms with Gasteiger partial charge < -0.3 is 14.9 Å². The number of non-ortho nitro benzene ring substituents is 1. The molecule has 1 aromatic heterocycles. The smallest absolute Gasteiger partial charge is 0.324 e. The van der Waals surface area contributed by atoms with E-state index in [0.29, 0.717) is 0 Å². The summed E-state index contributed by atoms with van der Waals surface area (Å²) < 4.78 is 15.5. The van der Waals surface area contributed by atoms with E-state index in [2.05, 4.69) is 20.1 Å². The predicted octanol–water partition coefficient (Wildman–Crippen LogP) is -0.0390. The van der Waals surface area contributed by atoms with Crippen molar-refractivity contribution in [3.63, 3.8) is 0 Å². The number of rotatable bonds is 5. The SMILES string of the molecule is CP(=O)(O)ONCc1cc([N+](=O)[O-])cc2[nH]c(=O)c(=O)[nH]c12. The first-order valence-corrected chi connectivity index (χ1v) is 7.85. The fourth-order valence-corrected chi connectivity index (χ4v) is 2.06. The number of nitrogens with one attached hydrogen (secondary N) is 3. The molecule has 1 unspecified atom stereocenters. The zero-order chi connectivity index (χ0) is 16.5. The Balaban J connectivity index is 2.52. The Kier molecular flexibility index (Phi) is 4.24. The summed E-state index contributed by atoms with van der Waals surface area (Å²) >= 11 is 0. The normalized spacial score (nSPS) is 13.9. The minimum absolute atomic E-state index is 0.0549. The highest BCUT2D eigenvalue weighted by Crippen LogP contribution is 2.34. The van der Waals surface area contributed by atoms with Crippen molar-refractivity contribution in [1.29, 1.82) is 0 Å². The van der Waals surface area contributed by atoms with Crippen molar-refractivity contribution in [2.45, 2.75) is 6.54 Å². The highest BCUT2D eigenvalue weighted by molar-refractivity contribution is 7.51. The molecule has 1 aromatic carbocycles. The lowest BCUT2D eigenvalue weighted by atomic mass is 10.1. The second-order valence-corrected chi connectivity index (χ2v) is 6.20. The van der Waals surface area contributed by atoms with Gasteiger partial charge in [0.2, 0.25) is 0 Å². The van der Waals surface area contributed by atoms with Gasteiger partial charge in [-0.15, -0.1) is 0 Å². The summed E-state index contributed by atoms with van der Waals surface area (Å²) in [5, 5.41) is 10.9. The van der Waals surface area contributed by atoms with Crippen LogP contribution in [-0.2, 0) is 15.7 Å². The van der Waals surface area contributed by atoms with E-state index in [-0.39, 0.29) is 28.8 Å². The van der Waals surface area contributed by atoms with Gasteiger partial charge in [-0.1, -0.05) is 0 Å². The predicted molar refractivity (Wildman–Crippen MR) is 75.5 cm³/mol. The van der Waals surface area contributed by atoms with Crippen molar-refractivity contribution in [3.05, 3.63) is 48.5 Å². The number of benzene rings is 1. The molecule has 0 radical (unpaired) electrons. The number of hydroxylamine groups is 1. The van der Waals surface area contributed by atoms with Crippen molar-refractivity contribution in [1.82, 2.24) is 15.4 Å². The first-order chi connectivity index (χ1) is 10.2. The maximum absolute atomic E-state index is 11.4. The highest BCUT2D eigenvalue weighted by Gasteiger charge is 2.15. The Bertz CT molecular complexity index is 896. The van der Waals surface area contributed by atoms with E-state index >= 15 is 0 Å². The second-order valence-electron chi connectivity index (χ2n) is 4.41. The van der Waals surface area contributed by atoms with Gasteiger partial charge in [0.05, 0.1) is 16.0 Å². The molecule has 0 amide bonds. The molecular formula is C10H11N4O7P. The van der Waals surface area contributed by atoms with Crippen LogP contribution in [-0.4, -0.2) is 26.4 Å². The molecule has 1 atom stereocenters. The Labute approximate surface area is 121 Å². The molecule has 1 heterocycles. The molecule has 0 aliphatic carbocycles.